The van der Waals surface area contributed by atoms with Crippen LogP contribution in [0, 0.1) is 6.92 Å². The maximum absolute atomic E-state index is 13.9. The molecule has 1 atom stereocenters. The lowest BCUT2D eigenvalue weighted by Crippen LogP contribution is -2.52. The Morgan fingerprint density at radius 2 is 1.51 bits per heavy atom. The predicted octanol–water partition coefficient (Wildman–Crippen LogP) is 5.51. The number of nitrogens with one attached hydrogen (secondary N) is 1. The Hall–Kier alpha value is -3.01. The van der Waals surface area contributed by atoms with Crippen molar-refractivity contribution < 1.29 is 18.0 Å². The van der Waals surface area contributed by atoms with Gasteiger partial charge in [-0.25, -0.2) is 8.42 Å². The van der Waals surface area contributed by atoms with Gasteiger partial charge in [0.05, 0.1) is 10.6 Å². The van der Waals surface area contributed by atoms with Crippen molar-refractivity contribution in [3.63, 3.8) is 0 Å². The molecule has 2 amide bonds. The average molecular weight is 588 g/mol. The summed E-state index contributed by atoms with van der Waals surface area (Å²) in [5.41, 5.74) is 2.07. The maximum Gasteiger partial charge on any atom is 0.264 e. The summed E-state index contributed by atoms with van der Waals surface area (Å²) in [6.07, 6.45) is 1.91. The second kappa shape index (κ2) is 13.4. The third-order valence-corrected chi connectivity index (χ3v) is 8.90. The maximum atomic E-state index is 13.9. The number of aryl methyl sites for hydroxylation is 1. The van der Waals surface area contributed by atoms with Gasteiger partial charge in [0.25, 0.3) is 10.0 Å². The summed E-state index contributed by atoms with van der Waals surface area (Å²) in [4.78, 5) is 29.2. The number of amides is 2. The van der Waals surface area contributed by atoms with E-state index in [0.29, 0.717) is 10.7 Å². The molecule has 0 aliphatic heterocycles. The third-order valence-electron chi connectivity index (χ3n) is 6.11. The lowest BCUT2D eigenvalue weighted by Gasteiger charge is -2.32. The van der Waals surface area contributed by atoms with Gasteiger partial charge in [-0.1, -0.05) is 41.4 Å². The molecule has 0 saturated heterocycles. The van der Waals surface area contributed by atoms with E-state index in [0.717, 1.165) is 20.3 Å². The van der Waals surface area contributed by atoms with E-state index < -0.39 is 28.5 Å². The fourth-order valence-corrected chi connectivity index (χ4v) is 5.84. The molecule has 0 radical (unpaired) electrons. The van der Waals surface area contributed by atoms with Gasteiger partial charge in [-0.2, -0.15) is 0 Å². The molecular formula is C29H34ClN3O4S2. The smallest absolute Gasteiger partial charge is 0.264 e. The molecule has 0 spiro atoms. The van der Waals surface area contributed by atoms with Crippen LogP contribution < -0.4 is 9.62 Å². The number of carbonyl (C=O) groups excluding carboxylic acids is 2. The van der Waals surface area contributed by atoms with Crippen LogP contribution in [0.4, 0.5) is 5.69 Å². The van der Waals surface area contributed by atoms with Crippen molar-refractivity contribution >= 4 is 50.9 Å². The highest BCUT2D eigenvalue weighted by atomic mass is 35.5. The van der Waals surface area contributed by atoms with Crippen LogP contribution in [-0.2, 0) is 26.2 Å². The van der Waals surface area contributed by atoms with E-state index in [2.05, 4.69) is 5.32 Å². The largest absolute Gasteiger partial charge is 0.352 e. The third kappa shape index (κ3) is 8.00. The summed E-state index contributed by atoms with van der Waals surface area (Å²) in [6.45, 7) is 6.83. The molecule has 0 heterocycles. The predicted molar refractivity (Wildman–Crippen MR) is 159 cm³/mol. The molecular weight excluding hydrogens is 554 g/mol. The zero-order valence-corrected chi connectivity index (χ0v) is 25.1. The number of nitrogens with zero attached hydrogens (tertiary/aromatic N) is 2. The molecule has 0 fully saturated rings. The molecule has 0 aromatic heterocycles. The Bertz CT molecular complexity index is 1380. The highest BCUT2D eigenvalue weighted by Crippen LogP contribution is 2.26. The molecule has 0 aliphatic carbocycles. The number of rotatable bonds is 11. The first-order valence-corrected chi connectivity index (χ1v) is 15.5. The van der Waals surface area contributed by atoms with Gasteiger partial charge in [-0.05, 0) is 88.0 Å². The number of halogens is 1. The fraction of sp³-hybridized carbons (Fsp3) is 0.310. The zero-order valence-electron chi connectivity index (χ0n) is 22.7. The number of thioether (sulfide) groups is 1. The van der Waals surface area contributed by atoms with E-state index in [9.17, 15) is 18.0 Å². The Morgan fingerprint density at radius 3 is 2.05 bits per heavy atom. The first-order valence-electron chi connectivity index (χ1n) is 12.5. The van der Waals surface area contributed by atoms with E-state index in [1.54, 1.807) is 67.6 Å². The van der Waals surface area contributed by atoms with Crippen LogP contribution in [-0.4, -0.2) is 50.0 Å². The quantitative estimate of drug-likeness (QED) is 0.299. The summed E-state index contributed by atoms with van der Waals surface area (Å²) in [6, 6.07) is 19.5. The molecule has 3 aromatic rings. The van der Waals surface area contributed by atoms with Gasteiger partial charge in [-0.15, -0.1) is 11.8 Å². The highest BCUT2D eigenvalue weighted by molar-refractivity contribution is 7.98. The van der Waals surface area contributed by atoms with Gasteiger partial charge in [0, 0.05) is 22.5 Å². The van der Waals surface area contributed by atoms with Crippen LogP contribution in [0.1, 0.15) is 31.9 Å². The zero-order chi connectivity index (χ0) is 28.7. The first-order chi connectivity index (χ1) is 18.4. The van der Waals surface area contributed by atoms with Crippen molar-refractivity contribution in [1.29, 1.82) is 0 Å². The van der Waals surface area contributed by atoms with Gasteiger partial charge in [0.15, 0.2) is 0 Å². The standard InChI is InChI=1S/C29H34ClN3O4S2/c1-20(2)31-29(35)22(4)32(18-23-8-10-24(30)11-9-23)28(34)19-33(25-12-6-21(3)7-13-25)39(36,37)27-16-14-26(38-5)15-17-27/h6-17,20,22H,18-19H2,1-5H3,(H,31,35)/t22-/m1/s1. The van der Waals surface area contributed by atoms with E-state index in [1.807, 2.05) is 27.0 Å². The van der Waals surface area contributed by atoms with Crippen LogP contribution in [0.25, 0.3) is 0 Å². The van der Waals surface area contributed by atoms with Crippen molar-refractivity contribution in [3.8, 4) is 0 Å². The van der Waals surface area contributed by atoms with Gasteiger partial charge in [0.1, 0.15) is 12.6 Å². The minimum Gasteiger partial charge on any atom is -0.352 e. The lowest BCUT2D eigenvalue weighted by atomic mass is 10.1. The van der Waals surface area contributed by atoms with Crippen molar-refractivity contribution in [2.45, 2.75) is 56.1 Å². The van der Waals surface area contributed by atoms with E-state index >= 15 is 0 Å². The van der Waals surface area contributed by atoms with Gasteiger partial charge in [-0.3, -0.25) is 13.9 Å². The Balaban J connectivity index is 2.02. The van der Waals surface area contributed by atoms with Crippen molar-refractivity contribution in [1.82, 2.24) is 10.2 Å². The number of hydrogen-bond donors (Lipinski definition) is 1. The van der Waals surface area contributed by atoms with Crippen molar-refractivity contribution in [2.75, 3.05) is 17.1 Å². The Labute approximate surface area is 240 Å². The second-order valence-electron chi connectivity index (χ2n) is 9.51. The normalized spacial score (nSPS) is 12.2. The summed E-state index contributed by atoms with van der Waals surface area (Å²) in [5, 5.41) is 3.39. The molecule has 39 heavy (non-hydrogen) atoms. The highest BCUT2D eigenvalue weighted by Gasteiger charge is 2.32. The van der Waals surface area contributed by atoms with Crippen LogP contribution >= 0.6 is 23.4 Å². The van der Waals surface area contributed by atoms with Gasteiger partial charge < -0.3 is 10.2 Å². The summed E-state index contributed by atoms with van der Waals surface area (Å²) >= 11 is 7.54. The molecule has 7 nitrogen and oxygen atoms in total. The van der Waals surface area contributed by atoms with E-state index in [1.165, 1.54) is 28.8 Å². The Morgan fingerprint density at radius 1 is 0.923 bits per heavy atom. The van der Waals surface area contributed by atoms with Crippen LogP contribution in [0.5, 0.6) is 0 Å². The first kappa shape index (κ1) is 30.5. The number of anilines is 1. The summed E-state index contributed by atoms with van der Waals surface area (Å²) in [7, 11) is -4.11. The second-order valence-corrected chi connectivity index (χ2v) is 12.7. The van der Waals surface area contributed by atoms with Crippen LogP contribution in [0.3, 0.4) is 0 Å². The minimum atomic E-state index is -4.11. The van der Waals surface area contributed by atoms with Crippen molar-refractivity contribution in [3.05, 3.63) is 88.9 Å². The number of sulfonamides is 1. The molecule has 0 saturated carbocycles. The molecule has 3 aromatic carbocycles. The molecule has 3 rings (SSSR count). The fourth-order valence-electron chi connectivity index (χ4n) is 3.89. The number of hydrogen-bond acceptors (Lipinski definition) is 5. The monoisotopic (exact) mass is 587 g/mol. The SMILES string of the molecule is CSc1ccc(S(=O)(=O)N(CC(=O)N(Cc2ccc(Cl)cc2)[C@H](C)C(=O)NC(C)C)c2ccc(C)cc2)cc1. The summed E-state index contributed by atoms with van der Waals surface area (Å²) < 4.78 is 28.9. The lowest BCUT2D eigenvalue weighted by molar-refractivity contribution is -0.139. The van der Waals surface area contributed by atoms with Crippen LogP contribution in [0.15, 0.2) is 82.6 Å². The van der Waals surface area contributed by atoms with Crippen molar-refractivity contribution in [2.24, 2.45) is 0 Å². The Kier molecular flexibility index (Phi) is 10.5. The van der Waals surface area contributed by atoms with E-state index in [4.69, 9.17) is 11.6 Å². The molecule has 208 valence electrons. The van der Waals surface area contributed by atoms with Gasteiger partial charge >= 0.3 is 0 Å². The summed E-state index contributed by atoms with van der Waals surface area (Å²) in [5.74, 6) is -0.842. The van der Waals surface area contributed by atoms with Gasteiger partial charge in [0.2, 0.25) is 11.8 Å². The molecule has 0 aliphatic rings. The average Bonchev–Trinajstić information content (AvgIpc) is 2.91. The van der Waals surface area contributed by atoms with E-state index in [-0.39, 0.29) is 23.4 Å². The number of carbonyl (C=O) groups is 2. The topological polar surface area (TPSA) is 86.8 Å². The molecule has 0 unspecified atom stereocenters. The molecule has 1 N–H and O–H groups in total. The molecule has 10 heteroatoms. The minimum absolute atomic E-state index is 0.0727. The van der Waals surface area contributed by atoms with Crippen LogP contribution in [0.2, 0.25) is 5.02 Å². The number of benzene rings is 3. The molecule has 0 bridgehead atoms.